The second-order valence-corrected chi connectivity index (χ2v) is 6.32. The molecule has 0 bridgehead atoms. The van der Waals surface area contributed by atoms with E-state index in [4.69, 9.17) is 0 Å². The Kier molecular flexibility index (Phi) is 4.89. The highest BCUT2D eigenvalue weighted by molar-refractivity contribution is 5.72. The van der Waals surface area contributed by atoms with E-state index in [0.717, 1.165) is 37.4 Å². The third-order valence-corrected chi connectivity index (χ3v) is 4.62. The Morgan fingerprint density at radius 1 is 1.46 bits per heavy atom. The number of amides is 1. The van der Waals surface area contributed by atoms with Crippen LogP contribution in [0, 0.1) is 6.92 Å². The van der Waals surface area contributed by atoms with E-state index in [1.165, 1.54) is 18.2 Å². The normalized spacial score (nSPS) is 18.0. The minimum atomic E-state index is -0.0512. The Hall–Kier alpha value is -2.28. The van der Waals surface area contributed by atoms with Crippen LogP contribution in [0.3, 0.4) is 0 Å². The van der Waals surface area contributed by atoms with Gasteiger partial charge in [0.1, 0.15) is 5.82 Å². The zero-order valence-corrected chi connectivity index (χ0v) is 14.5. The maximum absolute atomic E-state index is 11.1. The first-order valence-corrected chi connectivity index (χ1v) is 8.32. The monoisotopic (exact) mass is 328 g/mol. The lowest BCUT2D eigenvalue weighted by Crippen LogP contribution is -2.25. The van der Waals surface area contributed by atoms with Gasteiger partial charge in [-0.25, -0.2) is 9.97 Å². The molecule has 2 aromatic rings. The lowest BCUT2D eigenvalue weighted by Gasteiger charge is -2.23. The topological polar surface area (TPSA) is 75.9 Å². The summed E-state index contributed by atoms with van der Waals surface area (Å²) in [5.41, 5.74) is 3.29. The molecule has 128 valence electrons. The lowest BCUT2D eigenvalue weighted by molar-refractivity contribution is -0.119. The fraction of sp³-hybridized carbons (Fsp3) is 0.529. The number of rotatable bonds is 5. The summed E-state index contributed by atoms with van der Waals surface area (Å²) < 4.78 is 1.91. The molecule has 1 fully saturated rings. The predicted octanol–water partition coefficient (Wildman–Crippen LogP) is 1.49. The smallest absolute Gasteiger partial charge is 0.217 e. The highest BCUT2D eigenvalue weighted by atomic mass is 16.1. The quantitative estimate of drug-likeness (QED) is 0.900. The molecule has 1 aliphatic heterocycles. The molecule has 2 aromatic heterocycles. The van der Waals surface area contributed by atoms with Gasteiger partial charge < -0.3 is 5.32 Å². The molecule has 0 radical (unpaired) electrons. The number of carbonyl (C=O) groups excluding carboxylic acids is 1. The molecule has 1 saturated heterocycles. The van der Waals surface area contributed by atoms with Crippen molar-refractivity contribution in [2.75, 3.05) is 6.54 Å². The van der Waals surface area contributed by atoms with Crippen molar-refractivity contribution in [2.45, 2.75) is 45.8 Å². The van der Waals surface area contributed by atoms with E-state index in [-0.39, 0.29) is 11.9 Å². The third-order valence-electron chi connectivity index (χ3n) is 4.62. The van der Waals surface area contributed by atoms with Gasteiger partial charge in [-0.15, -0.1) is 0 Å². The summed E-state index contributed by atoms with van der Waals surface area (Å²) >= 11 is 0. The van der Waals surface area contributed by atoms with Gasteiger partial charge in [0, 0.05) is 38.0 Å². The summed E-state index contributed by atoms with van der Waals surface area (Å²) in [5.74, 6) is 0.793. The molecule has 7 nitrogen and oxygen atoms in total. The van der Waals surface area contributed by atoms with Crippen LogP contribution in [0.1, 0.15) is 48.6 Å². The Labute approximate surface area is 142 Å². The van der Waals surface area contributed by atoms with Crippen LogP contribution in [-0.4, -0.2) is 37.1 Å². The highest BCUT2D eigenvalue weighted by Gasteiger charge is 2.29. The molecule has 7 heteroatoms. The second-order valence-electron chi connectivity index (χ2n) is 6.32. The summed E-state index contributed by atoms with van der Waals surface area (Å²) in [4.78, 5) is 22.6. The minimum absolute atomic E-state index is 0.0512. The summed E-state index contributed by atoms with van der Waals surface area (Å²) in [6.07, 6.45) is 5.93. The zero-order valence-electron chi connectivity index (χ0n) is 14.5. The number of hydrogen-bond acceptors (Lipinski definition) is 5. The molecule has 1 unspecified atom stereocenters. The molecule has 0 saturated carbocycles. The summed E-state index contributed by atoms with van der Waals surface area (Å²) in [7, 11) is 1.97. The number of aryl methyl sites for hydroxylation is 1. The van der Waals surface area contributed by atoms with E-state index in [2.05, 4.69) is 32.2 Å². The van der Waals surface area contributed by atoms with E-state index in [1.54, 1.807) is 6.20 Å². The van der Waals surface area contributed by atoms with Crippen LogP contribution in [0.15, 0.2) is 18.5 Å². The summed E-state index contributed by atoms with van der Waals surface area (Å²) in [6, 6.07) is 2.08. The van der Waals surface area contributed by atoms with Crippen LogP contribution >= 0.6 is 0 Å². The van der Waals surface area contributed by atoms with Crippen LogP contribution in [-0.2, 0) is 24.9 Å². The standard InChI is InChI=1S/C17H24N6O/c1-12-14(9-20-22(12)3)11-23-8-4-5-16(23)17-18-7-6-15(21-17)10-19-13(2)24/h6-7,9,16H,4-5,8,10-11H2,1-3H3,(H,19,24). The van der Waals surface area contributed by atoms with Gasteiger partial charge in [-0.05, 0) is 32.4 Å². The van der Waals surface area contributed by atoms with Crippen molar-refractivity contribution in [2.24, 2.45) is 7.05 Å². The van der Waals surface area contributed by atoms with Crippen molar-refractivity contribution >= 4 is 5.91 Å². The maximum Gasteiger partial charge on any atom is 0.217 e. The number of nitrogens with zero attached hydrogens (tertiary/aromatic N) is 5. The van der Waals surface area contributed by atoms with Crippen molar-refractivity contribution in [1.29, 1.82) is 0 Å². The van der Waals surface area contributed by atoms with Gasteiger partial charge in [0.2, 0.25) is 5.91 Å². The van der Waals surface area contributed by atoms with Gasteiger partial charge in [-0.3, -0.25) is 14.4 Å². The second kappa shape index (κ2) is 7.09. The van der Waals surface area contributed by atoms with E-state index in [9.17, 15) is 4.79 Å². The molecule has 1 aliphatic rings. The van der Waals surface area contributed by atoms with Crippen LogP contribution in [0.25, 0.3) is 0 Å². The predicted molar refractivity (Wildman–Crippen MR) is 89.9 cm³/mol. The van der Waals surface area contributed by atoms with Gasteiger partial charge in [0.15, 0.2) is 0 Å². The van der Waals surface area contributed by atoms with Crippen LogP contribution < -0.4 is 5.32 Å². The largest absolute Gasteiger partial charge is 0.351 e. The average Bonchev–Trinajstić information content (AvgIpc) is 3.15. The van der Waals surface area contributed by atoms with Crippen molar-refractivity contribution in [3.05, 3.63) is 41.2 Å². The number of aromatic nitrogens is 4. The fourth-order valence-corrected chi connectivity index (χ4v) is 3.11. The summed E-state index contributed by atoms with van der Waals surface area (Å²) in [5, 5.41) is 7.12. The summed E-state index contributed by atoms with van der Waals surface area (Å²) in [6.45, 7) is 5.95. The van der Waals surface area contributed by atoms with Gasteiger partial charge in [0.25, 0.3) is 0 Å². The number of likely N-dealkylation sites (tertiary alicyclic amines) is 1. The molecule has 3 heterocycles. The van der Waals surface area contributed by atoms with E-state index >= 15 is 0 Å². The number of hydrogen-bond donors (Lipinski definition) is 1. The van der Waals surface area contributed by atoms with Crippen molar-refractivity contribution in [3.8, 4) is 0 Å². The minimum Gasteiger partial charge on any atom is -0.351 e. The van der Waals surface area contributed by atoms with Gasteiger partial charge in [0.05, 0.1) is 24.5 Å². The van der Waals surface area contributed by atoms with E-state index in [1.807, 2.05) is 24.0 Å². The highest BCUT2D eigenvalue weighted by Crippen LogP contribution is 2.31. The number of carbonyl (C=O) groups is 1. The molecular weight excluding hydrogens is 304 g/mol. The molecule has 1 N–H and O–H groups in total. The fourth-order valence-electron chi connectivity index (χ4n) is 3.11. The molecule has 1 atom stereocenters. The Morgan fingerprint density at radius 2 is 2.29 bits per heavy atom. The third kappa shape index (κ3) is 3.62. The first kappa shape index (κ1) is 16.6. The van der Waals surface area contributed by atoms with E-state index in [0.29, 0.717) is 6.54 Å². The zero-order chi connectivity index (χ0) is 17.1. The van der Waals surface area contributed by atoms with Gasteiger partial charge >= 0.3 is 0 Å². The van der Waals surface area contributed by atoms with Crippen molar-refractivity contribution in [3.63, 3.8) is 0 Å². The molecule has 0 spiro atoms. The first-order chi connectivity index (χ1) is 11.5. The first-order valence-electron chi connectivity index (χ1n) is 8.32. The van der Waals surface area contributed by atoms with E-state index < -0.39 is 0 Å². The molecular formula is C17H24N6O. The molecule has 1 amide bonds. The molecule has 0 aliphatic carbocycles. The molecule has 3 rings (SSSR count). The molecule has 0 aromatic carbocycles. The van der Waals surface area contributed by atoms with Crippen molar-refractivity contribution < 1.29 is 4.79 Å². The maximum atomic E-state index is 11.1. The lowest BCUT2D eigenvalue weighted by atomic mass is 10.2. The van der Waals surface area contributed by atoms with Crippen LogP contribution in [0.5, 0.6) is 0 Å². The Morgan fingerprint density at radius 3 is 3.00 bits per heavy atom. The number of nitrogens with one attached hydrogen (secondary N) is 1. The van der Waals surface area contributed by atoms with Crippen LogP contribution in [0.2, 0.25) is 0 Å². The SMILES string of the molecule is CC(=O)NCc1ccnc(C2CCCN2Cc2cnn(C)c2C)n1. The average molecular weight is 328 g/mol. The molecule has 24 heavy (non-hydrogen) atoms. The Bertz CT molecular complexity index is 726. The van der Waals surface area contributed by atoms with Gasteiger partial charge in [-0.1, -0.05) is 0 Å². The van der Waals surface area contributed by atoms with Crippen LogP contribution in [0.4, 0.5) is 0 Å². The Balaban J connectivity index is 1.74. The van der Waals surface area contributed by atoms with Gasteiger partial charge in [-0.2, -0.15) is 5.10 Å². The van der Waals surface area contributed by atoms with Crippen molar-refractivity contribution in [1.82, 2.24) is 30.0 Å².